The van der Waals surface area contributed by atoms with Gasteiger partial charge in [-0.2, -0.15) is 5.21 Å². The van der Waals surface area contributed by atoms with Crippen LogP contribution in [0.2, 0.25) is 0 Å². The Morgan fingerprint density at radius 1 is 1.60 bits per heavy atom. The number of aryl methyl sites for hydroxylation is 1. The fourth-order valence-electron chi connectivity index (χ4n) is 1.17. The molecule has 2 heterocycles. The summed E-state index contributed by atoms with van der Waals surface area (Å²) < 4.78 is 1.72. The molecule has 2 N–H and O–H groups in total. The fourth-order valence-corrected chi connectivity index (χ4v) is 1.17. The number of hydrogen-bond acceptors (Lipinski definition) is 6. The average Bonchev–Trinajstić information content (AvgIpc) is 2.85. The Morgan fingerprint density at radius 2 is 2.47 bits per heavy atom. The van der Waals surface area contributed by atoms with Gasteiger partial charge in [-0.15, -0.1) is 15.3 Å². The van der Waals surface area contributed by atoms with Crippen molar-refractivity contribution in [3.05, 3.63) is 17.7 Å². The van der Waals surface area contributed by atoms with Crippen molar-refractivity contribution in [3.63, 3.8) is 0 Å². The van der Waals surface area contributed by atoms with Crippen LogP contribution in [-0.2, 0) is 13.6 Å². The summed E-state index contributed by atoms with van der Waals surface area (Å²) in [5, 5.41) is 24.6. The van der Waals surface area contributed by atoms with Crippen molar-refractivity contribution in [3.8, 4) is 0 Å². The maximum Gasteiger partial charge on any atom is 0.191 e. The molecule has 8 heteroatoms. The summed E-state index contributed by atoms with van der Waals surface area (Å²) in [6.45, 7) is 2.63. The van der Waals surface area contributed by atoms with E-state index in [4.69, 9.17) is 0 Å². The van der Waals surface area contributed by atoms with E-state index in [1.54, 1.807) is 10.9 Å². The van der Waals surface area contributed by atoms with Crippen LogP contribution in [0.1, 0.15) is 24.5 Å². The van der Waals surface area contributed by atoms with Crippen LogP contribution in [0.4, 0.5) is 0 Å². The molecule has 2 rings (SSSR count). The maximum absolute atomic E-state index is 3.89. The first-order chi connectivity index (χ1) is 7.27. The zero-order valence-corrected chi connectivity index (χ0v) is 8.55. The average molecular weight is 208 g/mol. The lowest BCUT2D eigenvalue weighted by atomic mass is 10.3. The minimum atomic E-state index is 0.0404. The lowest BCUT2D eigenvalue weighted by molar-refractivity contribution is 0.525. The SMILES string of the molecule is CC(NCc1cnnn1C)c1nn[nH]n1. The molecule has 1 atom stereocenters. The third-order valence-corrected chi connectivity index (χ3v) is 2.15. The Labute approximate surface area is 86.1 Å². The van der Waals surface area contributed by atoms with Crippen LogP contribution in [-0.4, -0.2) is 35.6 Å². The highest BCUT2D eigenvalue weighted by atomic mass is 15.5. The van der Waals surface area contributed by atoms with Gasteiger partial charge in [0.1, 0.15) is 0 Å². The molecule has 0 saturated carbocycles. The number of aromatic nitrogens is 7. The van der Waals surface area contributed by atoms with Crippen LogP contribution in [0, 0.1) is 0 Å². The quantitative estimate of drug-likeness (QED) is 0.681. The Morgan fingerprint density at radius 3 is 3.07 bits per heavy atom. The van der Waals surface area contributed by atoms with Gasteiger partial charge in [0, 0.05) is 13.6 Å². The summed E-state index contributed by atoms with van der Waals surface area (Å²) in [5.74, 6) is 0.644. The zero-order chi connectivity index (χ0) is 10.7. The highest BCUT2D eigenvalue weighted by Gasteiger charge is 2.10. The molecule has 0 saturated heterocycles. The Kier molecular flexibility index (Phi) is 2.68. The number of rotatable bonds is 4. The van der Waals surface area contributed by atoms with Crippen LogP contribution in [0.5, 0.6) is 0 Å². The Hall–Kier alpha value is -1.83. The van der Waals surface area contributed by atoms with Crippen LogP contribution in [0.25, 0.3) is 0 Å². The maximum atomic E-state index is 3.89. The molecule has 15 heavy (non-hydrogen) atoms. The third kappa shape index (κ3) is 2.15. The van der Waals surface area contributed by atoms with Gasteiger partial charge in [0.25, 0.3) is 0 Å². The van der Waals surface area contributed by atoms with Crippen molar-refractivity contribution < 1.29 is 0 Å². The van der Waals surface area contributed by atoms with Gasteiger partial charge >= 0.3 is 0 Å². The molecule has 0 aromatic carbocycles. The lowest BCUT2D eigenvalue weighted by Crippen LogP contribution is -2.20. The first kappa shape index (κ1) is 9.71. The van der Waals surface area contributed by atoms with E-state index < -0.39 is 0 Å². The topological polar surface area (TPSA) is 97.2 Å². The van der Waals surface area contributed by atoms with E-state index in [2.05, 4.69) is 36.3 Å². The summed E-state index contributed by atoms with van der Waals surface area (Å²) in [7, 11) is 1.85. The van der Waals surface area contributed by atoms with Gasteiger partial charge in [-0.3, -0.25) is 4.68 Å². The summed E-state index contributed by atoms with van der Waals surface area (Å²) in [6.07, 6.45) is 1.72. The molecule has 0 fully saturated rings. The minimum absolute atomic E-state index is 0.0404. The molecule has 80 valence electrons. The summed E-state index contributed by atoms with van der Waals surface area (Å²) >= 11 is 0. The number of nitrogens with one attached hydrogen (secondary N) is 2. The molecular weight excluding hydrogens is 196 g/mol. The highest BCUT2D eigenvalue weighted by molar-refractivity contribution is 4.94. The molecule has 2 aromatic heterocycles. The van der Waals surface area contributed by atoms with E-state index in [9.17, 15) is 0 Å². The van der Waals surface area contributed by atoms with Gasteiger partial charge in [-0.1, -0.05) is 10.4 Å². The van der Waals surface area contributed by atoms with Crippen molar-refractivity contribution >= 4 is 0 Å². The van der Waals surface area contributed by atoms with Crippen molar-refractivity contribution in [2.24, 2.45) is 7.05 Å². The predicted octanol–water partition coefficient (Wildman–Crippen LogP) is -0.821. The molecule has 1 unspecified atom stereocenters. The Balaban J connectivity index is 1.91. The van der Waals surface area contributed by atoms with Crippen LogP contribution in [0.15, 0.2) is 6.20 Å². The molecule has 2 aromatic rings. The van der Waals surface area contributed by atoms with Crippen molar-refractivity contribution in [1.29, 1.82) is 0 Å². The normalized spacial score (nSPS) is 12.9. The largest absolute Gasteiger partial charge is 0.302 e. The van der Waals surface area contributed by atoms with Gasteiger partial charge < -0.3 is 5.32 Å². The molecule has 0 aliphatic carbocycles. The smallest absolute Gasteiger partial charge is 0.191 e. The van der Waals surface area contributed by atoms with Crippen LogP contribution in [0.3, 0.4) is 0 Å². The number of aromatic amines is 1. The number of nitrogens with zero attached hydrogens (tertiary/aromatic N) is 6. The molecule has 0 amide bonds. The molecule has 0 bridgehead atoms. The molecule has 0 aliphatic heterocycles. The second kappa shape index (κ2) is 4.13. The summed E-state index contributed by atoms with van der Waals surface area (Å²) in [4.78, 5) is 0. The van der Waals surface area contributed by atoms with E-state index in [1.165, 1.54) is 0 Å². The number of tetrazole rings is 1. The van der Waals surface area contributed by atoms with Gasteiger partial charge in [0.05, 0.1) is 17.9 Å². The molecule has 0 spiro atoms. The van der Waals surface area contributed by atoms with E-state index in [1.807, 2.05) is 14.0 Å². The predicted molar refractivity (Wildman–Crippen MR) is 50.4 cm³/mol. The molecule has 0 aliphatic rings. The Bertz CT molecular complexity index is 404. The summed E-state index contributed by atoms with van der Waals surface area (Å²) in [5.41, 5.74) is 1.00. The molecule has 8 nitrogen and oxygen atoms in total. The first-order valence-corrected chi connectivity index (χ1v) is 4.57. The molecular formula is C7H12N8. The van der Waals surface area contributed by atoms with Crippen molar-refractivity contribution in [2.45, 2.75) is 19.5 Å². The number of hydrogen-bond donors (Lipinski definition) is 2. The number of H-pyrrole nitrogens is 1. The van der Waals surface area contributed by atoms with E-state index in [0.29, 0.717) is 12.4 Å². The van der Waals surface area contributed by atoms with Gasteiger partial charge in [0.2, 0.25) is 0 Å². The van der Waals surface area contributed by atoms with E-state index >= 15 is 0 Å². The second-order valence-electron chi connectivity index (χ2n) is 3.22. The third-order valence-electron chi connectivity index (χ3n) is 2.15. The first-order valence-electron chi connectivity index (χ1n) is 4.57. The van der Waals surface area contributed by atoms with Gasteiger partial charge in [-0.25, -0.2) is 0 Å². The van der Waals surface area contributed by atoms with Gasteiger partial charge in [-0.05, 0) is 6.92 Å². The lowest BCUT2D eigenvalue weighted by Gasteiger charge is -2.08. The van der Waals surface area contributed by atoms with E-state index in [-0.39, 0.29) is 6.04 Å². The van der Waals surface area contributed by atoms with Crippen LogP contribution >= 0.6 is 0 Å². The minimum Gasteiger partial charge on any atom is -0.302 e. The highest BCUT2D eigenvalue weighted by Crippen LogP contribution is 2.04. The monoisotopic (exact) mass is 208 g/mol. The van der Waals surface area contributed by atoms with Crippen LogP contribution < -0.4 is 5.32 Å². The van der Waals surface area contributed by atoms with Crippen molar-refractivity contribution in [2.75, 3.05) is 0 Å². The van der Waals surface area contributed by atoms with Crippen molar-refractivity contribution in [1.82, 2.24) is 40.9 Å². The standard InChI is InChI=1S/C7H12N8/c1-5(7-10-12-13-11-7)8-3-6-4-9-14-15(6)2/h4-5,8H,3H2,1-2H3,(H,10,11,12,13). The zero-order valence-electron chi connectivity index (χ0n) is 8.55. The second-order valence-corrected chi connectivity index (χ2v) is 3.22. The fraction of sp³-hybridized carbons (Fsp3) is 0.571. The summed E-state index contributed by atoms with van der Waals surface area (Å²) in [6, 6.07) is 0.0404. The van der Waals surface area contributed by atoms with E-state index in [0.717, 1.165) is 5.69 Å². The van der Waals surface area contributed by atoms with Gasteiger partial charge in [0.15, 0.2) is 5.82 Å². The molecule has 0 radical (unpaired) electrons.